The highest BCUT2D eigenvalue weighted by Crippen LogP contribution is 2.16. The normalized spacial score (nSPS) is 15.4. The number of hydrogen-bond acceptors (Lipinski definition) is 3. The lowest BCUT2D eigenvalue weighted by atomic mass is 10.1. The number of carbonyl (C=O) groups excluding carboxylic acids is 1. The van der Waals surface area contributed by atoms with Gasteiger partial charge in [0.25, 0.3) is 5.56 Å². The fraction of sp³-hybridized carbons (Fsp3) is 0.400. The second kappa shape index (κ2) is 5.07. The highest BCUT2D eigenvalue weighted by molar-refractivity contribution is 5.96. The van der Waals surface area contributed by atoms with E-state index < -0.39 is 5.91 Å². The van der Waals surface area contributed by atoms with Gasteiger partial charge in [-0.25, -0.2) is 4.98 Å². The Labute approximate surface area is 116 Å². The van der Waals surface area contributed by atoms with Crippen molar-refractivity contribution in [1.29, 1.82) is 0 Å². The summed E-state index contributed by atoms with van der Waals surface area (Å²) in [6.07, 6.45) is 5.21. The van der Waals surface area contributed by atoms with Crippen LogP contribution in [0, 0.1) is 0 Å². The van der Waals surface area contributed by atoms with Gasteiger partial charge in [0.2, 0.25) is 5.91 Å². The van der Waals surface area contributed by atoms with Gasteiger partial charge in [0.1, 0.15) is 5.82 Å². The Morgan fingerprint density at radius 3 is 2.80 bits per heavy atom. The zero-order chi connectivity index (χ0) is 14.1. The molecule has 1 aliphatic rings. The molecule has 0 saturated heterocycles. The molecule has 0 atom stereocenters. The lowest BCUT2D eigenvalue weighted by Gasteiger charge is -2.16. The van der Waals surface area contributed by atoms with Gasteiger partial charge < -0.3 is 5.73 Å². The number of benzene rings is 1. The largest absolute Gasteiger partial charge is 0.366 e. The molecule has 0 spiro atoms. The first-order chi connectivity index (χ1) is 9.66. The van der Waals surface area contributed by atoms with Crippen molar-refractivity contribution in [1.82, 2.24) is 9.55 Å². The summed E-state index contributed by atoms with van der Waals surface area (Å²) >= 11 is 0. The number of primary amides is 1. The van der Waals surface area contributed by atoms with Gasteiger partial charge in [-0.05, 0) is 31.0 Å². The van der Waals surface area contributed by atoms with Crippen LogP contribution in [0.25, 0.3) is 10.9 Å². The van der Waals surface area contributed by atoms with Crippen LogP contribution < -0.4 is 11.3 Å². The van der Waals surface area contributed by atoms with E-state index in [0.29, 0.717) is 16.5 Å². The highest BCUT2D eigenvalue weighted by atomic mass is 16.1. The van der Waals surface area contributed by atoms with Crippen LogP contribution >= 0.6 is 0 Å². The van der Waals surface area contributed by atoms with Crippen LogP contribution in [0.5, 0.6) is 0 Å². The molecule has 2 N–H and O–H groups in total. The van der Waals surface area contributed by atoms with Crippen molar-refractivity contribution >= 4 is 16.8 Å². The molecule has 104 valence electrons. The fourth-order valence-electron chi connectivity index (χ4n) is 2.75. The number of amides is 1. The van der Waals surface area contributed by atoms with E-state index >= 15 is 0 Å². The maximum atomic E-state index is 12.5. The quantitative estimate of drug-likeness (QED) is 0.856. The second-order valence-electron chi connectivity index (χ2n) is 5.25. The average molecular weight is 271 g/mol. The van der Waals surface area contributed by atoms with Gasteiger partial charge in [-0.1, -0.05) is 12.8 Å². The van der Waals surface area contributed by atoms with Crippen molar-refractivity contribution in [2.24, 2.45) is 5.73 Å². The van der Waals surface area contributed by atoms with E-state index in [1.807, 2.05) is 0 Å². The Morgan fingerprint density at radius 1 is 1.20 bits per heavy atom. The summed E-state index contributed by atoms with van der Waals surface area (Å²) < 4.78 is 1.78. The van der Waals surface area contributed by atoms with Crippen LogP contribution in [-0.4, -0.2) is 15.5 Å². The fourth-order valence-corrected chi connectivity index (χ4v) is 2.75. The maximum Gasteiger partial charge on any atom is 0.261 e. The van der Waals surface area contributed by atoms with E-state index in [2.05, 4.69) is 4.98 Å². The van der Waals surface area contributed by atoms with Gasteiger partial charge in [-0.2, -0.15) is 0 Å². The minimum atomic E-state index is -0.499. The number of carbonyl (C=O) groups is 1. The molecule has 1 aliphatic heterocycles. The van der Waals surface area contributed by atoms with Crippen LogP contribution in [0.3, 0.4) is 0 Å². The lowest BCUT2D eigenvalue weighted by Crippen LogP contribution is -2.26. The molecule has 0 radical (unpaired) electrons. The molecule has 5 heteroatoms. The molecule has 2 heterocycles. The van der Waals surface area contributed by atoms with Crippen molar-refractivity contribution in [2.75, 3.05) is 0 Å². The van der Waals surface area contributed by atoms with Gasteiger partial charge in [0.15, 0.2) is 0 Å². The van der Waals surface area contributed by atoms with Crippen LogP contribution in [0.1, 0.15) is 41.9 Å². The first-order valence-electron chi connectivity index (χ1n) is 7.00. The van der Waals surface area contributed by atoms with Crippen LogP contribution in [0.15, 0.2) is 23.0 Å². The molecule has 0 fully saturated rings. The van der Waals surface area contributed by atoms with Crippen molar-refractivity contribution in [2.45, 2.75) is 38.6 Å². The number of aromatic nitrogens is 2. The summed E-state index contributed by atoms with van der Waals surface area (Å²) in [7, 11) is 0. The summed E-state index contributed by atoms with van der Waals surface area (Å²) in [5.74, 6) is 0.323. The number of nitrogens with zero attached hydrogens (tertiary/aromatic N) is 2. The average Bonchev–Trinajstić information content (AvgIpc) is 2.40. The monoisotopic (exact) mass is 271 g/mol. The van der Waals surface area contributed by atoms with Gasteiger partial charge in [0.05, 0.1) is 10.9 Å². The van der Waals surface area contributed by atoms with Gasteiger partial charge in [-0.15, -0.1) is 0 Å². The number of hydrogen-bond donors (Lipinski definition) is 1. The van der Waals surface area contributed by atoms with Crippen molar-refractivity contribution in [3.63, 3.8) is 0 Å². The third-order valence-corrected chi connectivity index (χ3v) is 3.85. The van der Waals surface area contributed by atoms with E-state index in [0.717, 1.165) is 38.1 Å². The summed E-state index contributed by atoms with van der Waals surface area (Å²) in [6.45, 7) is 0.731. The summed E-state index contributed by atoms with van der Waals surface area (Å²) in [5.41, 5.74) is 6.22. The van der Waals surface area contributed by atoms with Crippen LogP contribution in [0.4, 0.5) is 0 Å². The highest BCUT2D eigenvalue weighted by Gasteiger charge is 2.13. The van der Waals surface area contributed by atoms with Crippen molar-refractivity contribution in [3.05, 3.63) is 39.9 Å². The summed E-state index contributed by atoms with van der Waals surface area (Å²) in [4.78, 5) is 28.3. The van der Waals surface area contributed by atoms with Crippen LogP contribution in [-0.2, 0) is 13.0 Å². The third-order valence-electron chi connectivity index (χ3n) is 3.85. The zero-order valence-electron chi connectivity index (χ0n) is 11.3. The molecule has 1 aromatic carbocycles. The summed E-state index contributed by atoms with van der Waals surface area (Å²) in [6, 6.07) is 4.85. The maximum absolute atomic E-state index is 12.5. The smallest absolute Gasteiger partial charge is 0.261 e. The molecular formula is C15H17N3O2. The standard InChI is InChI=1S/C15H17N3O2/c16-14(19)10-6-7-11-12(9-10)17-13-5-3-1-2-4-8-18(13)15(11)20/h6-7,9H,1-5,8H2,(H2,16,19). The van der Waals surface area contributed by atoms with Crippen LogP contribution in [0.2, 0.25) is 0 Å². The zero-order valence-corrected chi connectivity index (χ0v) is 11.3. The molecular weight excluding hydrogens is 254 g/mol. The lowest BCUT2D eigenvalue weighted by molar-refractivity contribution is 0.100. The number of aryl methyl sites for hydroxylation is 1. The SMILES string of the molecule is NC(=O)c1ccc2c(=O)n3c(nc2c1)CCCCCC3. The van der Waals surface area contributed by atoms with E-state index in [-0.39, 0.29) is 5.56 Å². The van der Waals surface area contributed by atoms with Gasteiger partial charge >= 0.3 is 0 Å². The number of nitrogens with two attached hydrogens (primary N) is 1. The molecule has 3 rings (SSSR count). The third kappa shape index (κ3) is 2.19. The minimum absolute atomic E-state index is 0.0112. The van der Waals surface area contributed by atoms with E-state index in [9.17, 15) is 9.59 Å². The predicted molar refractivity (Wildman–Crippen MR) is 76.7 cm³/mol. The van der Waals surface area contributed by atoms with E-state index in [1.54, 1.807) is 22.8 Å². The Bertz CT molecular complexity index is 734. The minimum Gasteiger partial charge on any atom is -0.366 e. The van der Waals surface area contributed by atoms with Crippen molar-refractivity contribution < 1.29 is 4.79 Å². The first-order valence-corrected chi connectivity index (χ1v) is 7.00. The Balaban J connectivity index is 2.22. The van der Waals surface area contributed by atoms with E-state index in [1.165, 1.54) is 6.42 Å². The molecule has 20 heavy (non-hydrogen) atoms. The predicted octanol–water partition coefficient (Wildman–Crippen LogP) is 1.61. The topological polar surface area (TPSA) is 78.0 Å². The molecule has 1 aromatic heterocycles. The molecule has 5 nitrogen and oxygen atoms in total. The van der Waals surface area contributed by atoms with Crippen molar-refractivity contribution in [3.8, 4) is 0 Å². The molecule has 2 aromatic rings. The van der Waals surface area contributed by atoms with Gasteiger partial charge in [0, 0.05) is 18.5 Å². The first kappa shape index (κ1) is 12.8. The van der Waals surface area contributed by atoms with E-state index in [4.69, 9.17) is 5.73 Å². The number of fused-ring (bicyclic) bond motifs is 2. The summed E-state index contributed by atoms with van der Waals surface area (Å²) in [5, 5.41) is 0.555. The molecule has 0 aliphatic carbocycles. The molecule has 0 unspecified atom stereocenters. The second-order valence-corrected chi connectivity index (χ2v) is 5.25. The molecule has 0 saturated carbocycles. The Hall–Kier alpha value is -2.17. The Morgan fingerprint density at radius 2 is 2.00 bits per heavy atom. The molecule has 1 amide bonds. The number of rotatable bonds is 1. The Kier molecular flexibility index (Phi) is 3.26. The van der Waals surface area contributed by atoms with Gasteiger partial charge in [-0.3, -0.25) is 14.2 Å². The molecule has 0 bridgehead atoms.